The maximum absolute atomic E-state index is 11.5. The van der Waals surface area contributed by atoms with Gasteiger partial charge in [0.25, 0.3) is 5.91 Å². The van der Waals surface area contributed by atoms with Crippen molar-refractivity contribution in [1.29, 1.82) is 0 Å². The van der Waals surface area contributed by atoms with Crippen LogP contribution in [0.1, 0.15) is 40.4 Å². The largest absolute Gasteiger partial charge is 0.346 e. The number of rotatable bonds is 3. The van der Waals surface area contributed by atoms with Gasteiger partial charge in [0.2, 0.25) is 0 Å². The van der Waals surface area contributed by atoms with Crippen LogP contribution in [-0.4, -0.2) is 25.7 Å². The van der Waals surface area contributed by atoms with Gasteiger partial charge in [-0.3, -0.25) is 9.78 Å². The molecular formula is C13H15N5O. The first-order valence-electron chi connectivity index (χ1n) is 6.26. The minimum absolute atomic E-state index is 0.0324. The van der Waals surface area contributed by atoms with Crippen molar-refractivity contribution < 1.29 is 4.79 Å². The molecule has 6 heteroatoms. The molecule has 1 aliphatic rings. The van der Waals surface area contributed by atoms with E-state index in [0.29, 0.717) is 12.1 Å². The van der Waals surface area contributed by atoms with Crippen LogP contribution in [0.25, 0.3) is 0 Å². The SMILES string of the molecule is CC(Cc1nncn1C)c1ccc2c(n1)CNC2=O. The van der Waals surface area contributed by atoms with Crippen LogP contribution in [0.3, 0.4) is 0 Å². The molecule has 2 aromatic heterocycles. The molecule has 3 rings (SSSR count). The summed E-state index contributed by atoms with van der Waals surface area (Å²) in [5.41, 5.74) is 2.51. The number of nitrogens with one attached hydrogen (secondary N) is 1. The van der Waals surface area contributed by atoms with E-state index in [4.69, 9.17) is 0 Å². The van der Waals surface area contributed by atoms with Gasteiger partial charge in [-0.1, -0.05) is 6.92 Å². The van der Waals surface area contributed by atoms with E-state index in [2.05, 4.69) is 27.4 Å². The monoisotopic (exact) mass is 257 g/mol. The predicted octanol–water partition coefficient (Wildman–Crippen LogP) is 0.800. The highest BCUT2D eigenvalue weighted by atomic mass is 16.1. The summed E-state index contributed by atoms with van der Waals surface area (Å²) in [5.74, 6) is 1.14. The maximum atomic E-state index is 11.5. The summed E-state index contributed by atoms with van der Waals surface area (Å²) in [4.78, 5) is 16.0. The summed E-state index contributed by atoms with van der Waals surface area (Å²) in [6, 6.07) is 3.78. The molecule has 0 spiro atoms. The van der Waals surface area contributed by atoms with Crippen molar-refractivity contribution in [2.24, 2.45) is 7.05 Å². The summed E-state index contributed by atoms with van der Waals surface area (Å²) in [7, 11) is 1.93. The lowest BCUT2D eigenvalue weighted by Gasteiger charge is -2.11. The summed E-state index contributed by atoms with van der Waals surface area (Å²) in [5, 5.41) is 10.7. The van der Waals surface area contributed by atoms with Crippen molar-refractivity contribution >= 4 is 5.91 Å². The van der Waals surface area contributed by atoms with Crippen LogP contribution in [0.2, 0.25) is 0 Å². The maximum Gasteiger partial charge on any atom is 0.253 e. The molecule has 1 aliphatic heterocycles. The third-order valence-electron chi connectivity index (χ3n) is 3.46. The molecule has 0 aromatic carbocycles. The number of carbonyl (C=O) groups excluding carboxylic acids is 1. The topological polar surface area (TPSA) is 72.7 Å². The third-order valence-corrected chi connectivity index (χ3v) is 3.46. The van der Waals surface area contributed by atoms with E-state index in [1.165, 1.54) is 0 Å². The molecule has 0 radical (unpaired) electrons. The van der Waals surface area contributed by atoms with Gasteiger partial charge in [0.15, 0.2) is 0 Å². The lowest BCUT2D eigenvalue weighted by Crippen LogP contribution is -2.12. The summed E-state index contributed by atoms with van der Waals surface area (Å²) in [6.07, 6.45) is 2.48. The number of carbonyl (C=O) groups is 1. The summed E-state index contributed by atoms with van der Waals surface area (Å²) >= 11 is 0. The van der Waals surface area contributed by atoms with Gasteiger partial charge >= 0.3 is 0 Å². The van der Waals surface area contributed by atoms with Crippen LogP contribution in [0.4, 0.5) is 0 Å². The fourth-order valence-electron chi connectivity index (χ4n) is 2.26. The zero-order chi connectivity index (χ0) is 13.4. The number of pyridine rings is 1. The highest BCUT2D eigenvalue weighted by molar-refractivity contribution is 5.97. The molecule has 0 saturated carbocycles. The van der Waals surface area contributed by atoms with E-state index >= 15 is 0 Å². The second kappa shape index (κ2) is 4.46. The van der Waals surface area contributed by atoms with E-state index in [0.717, 1.165) is 23.6 Å². The van der Waals surface area contributed by atoms with Gasteiger partial charge in [0.05, 0.1) is 17.8 Å². The van der Waals surface area contributed by atoms with E-state index in [1.54, 1.807) is 6.33 Å². The Bertz CT molecular complexity index is 634. The Morgan fingerprint density at radius 2 is 2.32 bits per heavy atom. The molecule has 0 aliphatic carbocycles. The van der Waals surface area contributed by atoms with Crippen molar-refractivity contribution in [3.05, 3.63) is 41.2 Å². The first-order valence-corrected chi connectivity index (χ1v) is 6.26. The molecule has 6 nitrogen and oxygen atoms in total. The first kappa shape index (κ1) is 11.8. The summed E-state index contributed by atoms with van der Waals surface area (Å²) < 4.78 is 1.91. The van der Waals surface area contributed by atoms with E-state index in [-0.39, 0.29) is 11.8 Å². The molecule has 2 aromatic rings. The zero-order valence-electron chi connectivity index (χ0n) is 10.9. The Kier molecular flexibility index (Phi) is 2.77. The van der Waals surface area contributed by atoms with Crippen molar-refractivity contribution in [1.82, 2.24) is 25.1 Å². The lowest BCUT2D eigenvalue weighted by molar-refractivity contribution is 0.0966. The Hall–Kier alpha value is -2.24. The van der Waals surface area contributed by atoms with Gasteiger partial charge in [-0.2, -0.15) is 0 Å². The molecule has 3 heterocycles. The molecule has 1 N–H and O–H groups in total. The minimum atomic E-state index is -0.0324. The number of aromatic nitrogens is 4. The predicted molar refractivity (Wildman–Crippen MR) is 68.5 cm³/mol. The number of hydrogen-bond acceptors (Lipinski definition) is 4. The van der Waals surface area contributed by atoms with Crippen LogP contribution in [0.15, 0.2) is 18.5 Å². The number of fused-ring (bicyclic) bond motifs is 1. The fraction of sp³-hybridized carbons (Fsp3) is 0.385. The van der Waals surface area contributed by atoms with Gasteiger partial charge in [-0.25, -0.2) is 0 Å². The molecule has 1 atom stereocenters. The van der Waals surface area contributed by atoms with Gasteiger partial charge < -0.3 is 9.88 Å². The number of hydrogen-bond donors (Lipinski definition) is 1. The van der Waals surface area contributed by atoms with Gasteiger partial charge in [0, 0.05) is 25.1 Å². The van der Waals surface area contributed by atoms with Crippen LogP contribution < -0.4 is 5.32 Å². The van der Waals surface area contributed by atoms with Crippen molar-refractivity contribution in [2.45, 2.75) is 25.8 Å². The average molecular weight is 257 g/mol. The second-order valence-corrected chi connectivity index (χ2v) is 4.88. The van der Waals surface area contributed by atoms with Crippen LogP contribution in [0.5, 0.6) is 0 Å². The van der Waals surface area contributed by atoms with Gasteiger partial charge in [-0.15, -0.1) is 10.2 Å². The number of amides is 1. The minimum Gasteiger partial charge on any atom is -0.346 e. The number of nitrogens with zero attached hydrogens (tertiary/aromatic N) is 4. The molecule has 0 bridgehead atoms. The smallest absolute Gasteiger partial charge is 0.253 e. The Labute approximate surface area is 110 Å². The van der Waals surface area contributed by atoms with Gasteiger partial charge in [-0.05, 0) is 12.1 Å². The highest BCUT2D eigenvalue weighted by Crippen LogP contribution is 2.21. The molecule has 19 heavy (non-hydrogen) atoms. The van der Waals surface area contributed by atoms with Crippen molar-refractivity contribution in [3.8, 4) is 0 Å². The van der Waals surface area contributed by atoms with Crippen molar-refractivity contribution in [3.63, 3.8) is 0 Å². The fourth-order valence-corrected chi connectivity index (χ4v) is 2.26. The summed E-state index contributed by atoms with van der Waals surface area (Å²) in [6.45, 7) is 2.63. The normalized spacial score (nSPS) is 15.2. The lowest BCUT2D eigenvalue weighted by atomic mass is 10.0. The third kappa shape index (κ3) is 2.09. The Morgan fingerprint density at radius 3 is 3.05 bits per heavy atom. The zero-order valence-corrected chi connectivity index (χ0v) is 10.9. The second-order valence-electron chi connectivity index (χ2n) is 4.88. The number of aryl methyl sites for hydroxylation is 1. The van der Waals surface area contributed by atoms with Crippen LogP contribution in [0, 0.1) is 0 Å². The van der Waals surface area contributed by atoms with E-state index in [1.807, 2.05) is 23.7 Å². The van der Waals surface area contributed by atoms with E-state index in [9.17, 15) is 4.79 Å². The van der Waals surface area contributed by atoms with Crippen LogP contribution >= 0.6 is 0 Å². The Morgan fingerprint density at radius 1 is 1.47 bits per heavy atom. The molecule has 0 saturated heterocycles. The highest BCUT2D eigenvalue weighted by Gasteiger charge is 2.21. The Balaban J connectivity index is 1.83. The average Bonchev–Trinajstić information content (AvgIpc) is 2.97. The standard InChI is InChI=1S/C13H15N5O/c1-8(5-12-17-15-7-18(12)2)10-4-3-9-11(16-10)6-14-13(9)19/h3-4,7-8H,5-6H2,1-2H3,(H,14,19). The molecule has 0 fully saturated rings. The molecule has 98 valence electrons. The van der Waals surface area contributed by atoms with Crippen molar-refractivity contribution in [2.75, 3.05) is 0 Å². The first-order chi connectivity index (χ1) is 9.15. The molecule has 1 amide bonds. The molecular weight excluding hydrogens is 242 g/mol. The quantitative estimate of drug-likeness (QED) is 0.882. The van der Waals surface area contributed by atoms with E-state index < -0.39 is 0 Å². The van der Waals surface area contributed by atoms with Crippen LogP contribution in [-0.2, 0) is 20.0 Å². The van der Waals surface area contributed by atoms with Gasteiger partial charge in [0.1, 0.15) is 12.2 Å². The molecule has 1 unspecified atom stereocenters.